The molecule has 8 nitrogen and oxygen atoms in total. The summed E-state index contributed by atoms with van der Waals surface area (Å²) in [7, 11) is 0. The van der Waals surface area contributed by atoms with E-state index in [1.54, 1.807) is 36.5 Å². The number of benzene rings is 1. The fourth-order valence-electron chi connectivity index (χ4n) is 2.20. The molecule has 0 bridgehead atoms. The zero-order valence-corrected chi connectivity index (χ0v) is 15.8. The van der Waals surface area contributed by atoms with E-state index in [0.717, 1.165) is 10.1 Å². The lowest BCUT2D eigenvalue weighted by atomic mass is 10.3. The van der Waals surface area contributed by atoms with Gasteiger partial charge in [0.1, 0.15) is 12.3 Å². The van der Waals surface area contributed by atoms with Crippen LogP contribution in [-0.4, -0.2) is 20.4 Å². The van der Waals surface area contributed by atoms with Crippen LogP contribution in [-0.2, 0) is 11.3 Å². The summed E-state index contributed by atoms with van der Waals surface area (Å²) < 4.78 is 6.89. The number of rotatable bonds is 5. The van der Waals surface area contributed by atoms with E-state index in [1.165, 1.54) is 6.20 Å². The van der Waals surface area contributed by atoms with Crippen LogP contribution in [0, 0.1) is 6.92 Å². The van der Waals surface area contributed by atoms with E-state index in [-0.39, 0.29) is 11.0 Å². The summed E-state index contributed by atoms with van der Waals surface area (Å²) in [5, 5.41) is 2.67. The molecule has 3 rings (SSSR count). The second-order valence-electron chi connectivity index (χ2n) is 5.71. The molecule has 1 amide bonds. The Labute approximate surface area is 162 Å². The van der Waals surface area contributed by atoms with E-state index in [2.05, 4.69) is 31.2 Å². The molecule has 2 heterocycles. The molecule has 27 heavy (non-hydrogen) atoms. The SMILES string of the molecule is Cc1ccc(Oc2ccc(NC(=O)Cn3cc(Br)c(=O)[nH]c3=O)cc2)nc1. The van der Waals surface area contributed by atoms with Gasteiger partial charge >= 0.3 is 5.69 Å². The summed E-state index contributed by atoms with van der Waals surface area (Å²) in [6.45, 7) is 1.70. The number of nitrogens with zero attached hydrogens (tertiary/aromatic N) is 2. The second-order valence-corrected chi connectivity index (χ2v) is 6.57. The summed E-state index contributed by atoms with van der Waals surface area (Å²) in [4.78, 5) is 41.4. The van der Waals surface area contributed by atoms with Gasteiger partial charge in [0.15, 0.2) is 0 Å². The lowest BCUT2D eigenvalue weighted by Gasteiger charge is -2.09. The van der Waals surface area contributed by atoms with Crippen LogP contribution < -0.4 is 21.3 Å². The number of H-pyrrole nitrogens is 1. The van der Waals surface area contributed by atoms with E-state index in [1.807, 2.05) is 13.0 Å². The van der Waals surface area contributed by atoms with Crippen molar-refractivity contribution in [1.82, 2.24) is 14.5 Å². The maximum Gasteiger partial charge on any atom is 0.328 e. The first-order valence-electron chi connectivity index (χ1n) is 7.90. The van der Waals surface area contributed by atoms with E-state index in [0.29, 0.717) is 17.3 Å². The molecular formula is C18H15BrN4O4. The summed E-state index contributed by atoms with van der Waals surface area (Å²) in [5.41, 5.74) is 0.373. The third kappa shape index (κ3) is 4.91. The van der Waals surface area contributed by atoms with Crippen molar-refractivity contribution in [2.75, 3.05) is 5.32 Å². The summed E-state index contributed by atoms with van der Waals surface area (Å²) in [6.07, 6.45) is 2.98. The average Bonchev–Trinajstić information content (AvgIpc) is 2.63. The van der Waals surface area contributed by atoms with Gasteiger partial charge in [-0.1, -0.05) is 6.07 Å². The fraction of sp³-hybridized carbons (Fsp3) is 0.111. The molecule has 0 aliphatic carbocycles. The number of halogens is 1. The van der Waals surface area contributed by atoms with Crippen molar-refractivity contribution >= 4 is 27.5 Å². The lowest BCUT2D eigenvalue weighted by Crippen LogP contribution is -2.33. The van der Waals surface area contributed by atoms with Gasteiger partial charge in [0.25, 0.3) is 5.56 Å². The van der Waals surface area contributed by atoms with Crippen LogP contribution in [0.15, 0.2) is 62.9 Å². The van der Waals surface area contributed by atoms with Gasteiger partial charge in [-0.3, -0.25) is 19.1 Å². The Morgan fingerprint density at radius 1 is 1.22 bits per heavy atom. The number of amides is 1. The number of pyridine rings is 1. The van der Waals surface area contributed by atoms with Gasteiger partial charge in [-0.2, -0.15) is 0 Å². The fourth-order valence-corrected chi connectivity index (χ4v) is 2.54. The van der Waals surface area contributed by atoms with Crippen molar-refractivity contribution in [3.05, 3.63) is 79.7 Å². The molecule has 0 spiro atoms. The van der Waals surface area contributed by atoms with E-state index in [4.69, 9.17) is 4.74 Å². The molecule has 0 aliphatic rings. The van der Waals surface area contributed by atoms with Crippen LogP contribution in [0.5, 0.6) is 11.6 Å². The highest BCUT2D eigenvalue weighted by molar-refractivity contribution is 9.10. The van der Waals surface area contributed by atoms with Crippen molar-refractivity contribution in [2.24, 2.45) is 0 Å². The standard InChI is InChI=1S/C18H15BrN4O4/c1-11-2-7-16(20-8-11)27-13-5-3-12(4-6-13)21-15(24)10-23-9-14(19)17(25)22-18(23)26/h2-9H,10H2,1H3,(H,21,24)(H,22,25,26). The first kappa shape index (κ1) is 18.6. The highest BCUT2D eigenvalue weighted by Gasteiger charge is 2.08. The third-order valence-corrected chi connectivity index (χ3v) is 4.09. The number of carbonyl (C=O) groups is 1. The normalized spacial score (nSPS) is 10.4. The summed E-state index contributed by atoms with van der Waals surface area (Å²) in [6, 6.07) is 10.4. The molecule has 3 aromatic rings. The van der Waals surface area contributed by atoms with Gasteiger partial charge in [-0.25, -0.2) is 9.78 Å². The molecule has 0 aliphatic heterocycles. The van der Waals surface area contributed by atoms with Crippen LogP contribution in [0.25, 0.3) is 0 Å². The number of nitrogens with one attached hydrogen (secondary N) is 2. The Balaban J connectivity index is 1.63. The first-order valence-corrected chi connectivity index (χ1v) is 8.70. The lowest BCUT2D eigenvalue weighted by molar-refractivity contribution is -0.116. The molecule has 0 atom stereocenters. The molecule has 2 N–H and O–H groups in total. The Hall–Kier alpha value is -3.20. The largest absolute Gasteiger partial charge is 0.439 e. The van der Waals surface area contributed by atoms with Crippen molar-refractivity contribution in [3.8, 4) is 11.6 Å². The Kier molecular flexibility index (Phi) is 5.51. The molecule has 0 saturated heterocycles. The maximum absolute atomic E-state index is 12.1. The van der Waals surface area contributed by atoms with Gasteiger partial charge in [0, 0.05) is 24.1 Å². The maximum atomic E-state index is 12.1. The minimum Gasteiger partial charge on any atom is -0.439 e. The van der Waals surface area contributed by atoms with Gasteiger partial charge in [0.2, 0.25) is 11.8 Å². The number of carbonyl (C=O) groups excluding carboxylic acids is 1. The van der Waals surface area contributed by atoms with Crippen LogP contribution in [0.2, 0.25) is 0 Å². The van der Waals surface area contributed by atoms with Crippen LogP contribution >= 0.6 is 15.9 Å². The predicted octanol–water partition coefficient (Wildman–Crippen LogP) is 2.43. The minimum absolute atomic E-state index is 0.168. The number of anilines is 1. The number of ether oxygens (including phenoxy) is 1. The quantitative estimate of drug-likeness (QED) is 0.646. The highest BCUT2D eigenvalue weighted by atomic mass is 79.9. The van der Waals surface area contributed by atoms with E-state index >= 15 is 0 Å². The van der Waals surface area contributed by atoms with E-state index in [9.17, 15) is 14.4 Å². The van der Waals surface area contributed by atoms with Gasteiger partial charge in [-0.15, -0.1) is 0 Å². The molecule has 0 saturated carbocycles. The van der Waals surface area contributed by atoms with Gasteiger partial charge in [-0.05, 0) is 52.7 Å². The average molecular weight is 431 g/mol. The Morgan fingerprint density at radius 2 is 1.96 bits per heavy atom. The molecule has 2 aromatic heterocycles. The smallest absolute Gasteiger partial charge is 0.328 e. The molecule has 0 unspecified atom stereocenters. The minimum atomic E-state index is -0.660. The molecule has 0 radical (unpaired) electrons. The monoisotopic (exact) mass is 430 g/mol. The van der Waals surface area contributed by atoms with Gasteiger partial charge in [0.05, 0.1) is 4.47 Å². The molecule has 0 fully saturated rings. The number of aromatic nitrogens is 3. The molecule has 9 heteroatoms. The molecule has 1 aromatic carbocycles. The van der Waals surface area contributed by atoms with Gasteiger partial charge < -0.3 is 10.1 Å². The van der Waals surface area contributed by atoms with Crippen molar-refractivity contribution < 1.29 is 9.53 Å². The van der Waals surface area contributed by atoms with Crippen molar-refractivity contribution in [3.63, 3.8) is 0 Å². The van der Waals surface area contributed by atoms with Crippen LogP contribution in [0.3, 0.4) is 0 Å². The zero-order valence-electron chi connectivity index (χ0n) is 14.2. The number of aromatic amines is 1. The van der Waals surface area contributed by atoms with E-state index < -0.39 is 17.2 Å². The highest BCUT2D eigenvalue weighted by Crippen LogP contribution is 2.21. The molecular weight excluding hydrogens is 416 g/mol. The predicted molar refractivity (Wildman–Crippen MR) is 103 cm³/mol. The number of hydrogen-bond donors (Lipinski definition) is 2. The second kappa shape index (κ2) is 8.00. The van der Waals surface area contributed by atoms with Crippen molar-refractivity contribution in [2.45, 2.75) is 13.5 Å². The Bertz CT molecular complexity index is 1070. The van der Waals surface area contributed by atoms with Crippen molar-refractivity contribution in [1.29, 1.82) is 0 Å². The Morgan fingerprint density at radius 3 is 2.63 bits per heavy atom. The van der Waals surface area contributed by atoms with Crippen LogP contribution in [0.1, 0.15) is 5.56 Å². The van der Waals surface area contributed by atoms with Crippen LogP contribution in [0.4, 0.5) is 5.69 Å². The zero-order chi connectivity index (χ0) is 19.4. The first-order chi connectivity index (χ1) is 12.9. The number of hydrogen-bond acceptors (Lipinski definition) is 5. The third-order valence-electron chi connectivity index (χ3n) is 3.53. The summed E-state index contributed by atoms with van der Waals surface area (Å²) >= 11 is 3.02. The molecule has 138 valence electrons. The topological polar surface area (TPSA) is 106 Å². The summed E-state index contributed by atoms with van der Waals surface area (Å²) in [5.74, 6) is 0.635. The number of aryl methyl sites for hydroxylation is 1.